The highest BCUT2D eigenvalue weighted by molar-refractivity contribution is 4.91. The van der Waals surface area contributed by atoms with Gasteiger partial charge in [-0.05, 0) is 6.42 Å². The third kappa shape index (κ3) is 2.82. The predicted molar refractivity (Wildman–Crippen MR) is 49.2 cm³/mol. The highest BCUT2D eigenvalue weighted by atomic mass is 16.3. The van der Waals surface area contributed by atoms with Crippen LogP contribution in [0.5, 0.6) is 0 Å². The molecule has 0 bridgehead atoms. The van der Waals surface area contributed by atoms with Gasteiger partial charge in [0.15, 0.2) is 0 Å². The minimum Gasteiger partial charge on any atom is -0.396 e. The minimum absolute atomic E-state index is 0.0169. The highest BCUT2D eigenvalue weighted by Crippen LogP contribution is 2.06. The summed E-state index contributed by atoms with van der Waals surface area (Å²) < 4.78 is 1.95. The van der Waals surface area contributed by atoms with Crippen LogP contribution in [0.25, 0.3) is 0 Å². The fraction of sp³-hybridized carbons (Fsp3) is 0.667. The standard InChI is InChI=1S/C9H16N2O2/c1-11-5-4-10-9(11)3-2-8(6-12)7-13/h4-5,8,12-13H,2-3,6-7H2,1H3. The summed E-state index contributed by atoms with van der Waals surface area (Å²) in [6, 6.07) is 0. The quantitative estimate of drug-likeness (QED) is 0.674. The van der Waals surface area contributed by atoms with Gasteiger partial charge in [-0.2, -0.15) is 0 Å². The van der Waals surface area contributed by atoms with E-state index in [9.17, 15) is 0 Å². The maximum absolute atomic E-state index is 8.84. The van der Waals surface area contributed by atoms with Crippen molar-refractivity contribution < 1.29 is 10.2 Å². The predicted octanol–water partition coefficient (Wildman–Crippen LogP) is -0.0465. The normalized spacial score (nSPS) is 11.1. The van der Waals surface area contributed by atoms with E-state index in [1.165, 1.54) is 0 Å². The van der Waals surface area contributed by atoms with Gasteiger partial charge >= 0.3 is 0 Å². The molecule has 1 rings (SSSR count). The maximum Gasteiger partial charge on any atom is 0.108 e. The van der Waals surface area contributed by atoms with E-state index >= 15 is 0 Å². The molecule has 0 aliphatic rings. The van der Waals surface area contributed by atoms with Gasteiger partial charge in [-0.25, -0.2) is 4.98 Å². The molecule has 0 aliphatic heterocycles. The first kappa shape index (κ1) is 10.2. The molecule has 0 amide bonds. The molecule has 4 nitrogen and oxygen atoms in total. The minimum atomic E-state index is -0.0169. The van der Waals surface area contributed by atoms with Crippen molar-refractivity contribution in [2.24, 2.45) is 13.0 Å². The molecule has 74 valence electrons. The Morgan fingerprint density at radius 1 is 1.46 bits per heavy atom. The molecule has 0 saturated heterocycles. The Morgan fingerprint density at radius 3 is 2.62 bits per heavy atom. The topological polar surface area (TPSA) is 58.3 Å². The Kier molecular flexibility index (Phi) is 3.92. The van der Waals surface area contributed by atoms with E-state index in [2.05, 4.69) is 4.98 Å². The molecule has 0 saturated carbocycles. The van der Waals surface area contributed by atoms with Crippen LogP contribution in [-0.2, 0) is 13.5 Å². The van der Waals surface area contributed by atoms with Crippen molar-refractivity contribution in [2.75, 3.05) is 13.2 Å². The summed E-state index contributed by atoms with van der Waals surface area (Å²) in [5, 5.41) is 17.7. The molecule has 0 atom stereocenters. The second kappa shape index (κ2) is 4.99. The summed E-state index contributed by atoms with van der Waals surface area (Å²) in [5.41, 5.74) is 0. The summed E-state index contributed by atoms with van der Waals surface area (Å²) in [7, 11) is 1.94. The first-order chi connectivity index (χ1) is 6.27. The van der Waals surface area contributed by atoms with Crippen LogP contribution in [0.15, 0.2) is 12.4 Å². The number of hydrogen-bond acceptors (Lipinski definition) is 3. The van der Waals surface area contributed by atoms with E-state index in [4.69, 9.17) is 10.2 Å². The number of aliphatic hydroxyl groups excluding tert-OH is 2. The lowest BCUT2D eigenvalue weighted by Gasteiger charge is -2.09. The Labute approximate surface area is 77.8 Å². The number of imidazole rings is 1. The number of aromatic nitrogens is 2. The number of rotatable bonds is 5. The molecule has 1 aromatic rings. The Morgan fingerprint density at radius 2 is 2.15 bits per heavy atom. The van der Waals surface area contributed by atoms with Gasteiger partial charge in [0.25, 0.3) is 0 Å². The van der Waals surface area contributed by atoms with Crippen LogP contribution < -0.4 is 0 Å². The summed E-state index contributed by atoms with van der Waals surface area (Å²) >= 11 is 0. The van der Waals surface area contributed by atoms with Gasteiger partial charge in [-0.1, -0.05) is 0 Å². The smallest absolute Gasteiger partial charge is 0.108 e. The SMILES string of the molecule is Cn1ccnc1CCC(CO)CO. The Bertz CT molecular complexity index is 244. The molecular formula is C9H16N2O2. The number of hydrogen-bond donors (Lipinski definition) is 2. The zero-order chi connectivity index (χ0) is 9.68. The van der Waals surface area contributed by atoms with Gasteiger partial charge in [0.1, 0.15) is 5.82 Å². The van der Waals surface area contributed by atoms with Gasteiger partial charge in [0.05, 0.1) is 0 Å². The van der Waals surface area contributed by atoms with Crippen LogP contribution in [-0.4, -0.2) is 33.0 Å². The lowest BCUT2D eigenvalue weighted by molar-refractivity contribution is 0.143. The lowest BCUT2D eigenvalue weighted by atomic mass is 10.1. The molecular weight excluding hydrogens is 168 g/mol. The summed E-state index contributed by atoms with van der Waals surface area (Å²) in [6.07, 6.45) is 5.22. The van der Waals surface area contributed by atoms with E-state index in [1.54, 1.807) is 6.20 Å². The maximum atomic E-state index is 8.84. The number of aliphatic hydroxyl groups is 2. The first-order valence-electron chi connectivity index (χ1n) is 4.45. The third-order valence-electron chi connectivity index (χ3n) is 2.21. The van der Waals surface area contributed by atoms with Crippen molar-refractivity contribution in [1.82, 2.24) is 9.55 Å². The molecule has 1 heterocycles. The van der Waals surface area contributed by atoms with E-state index < -0.39 is 0 Å². The summed E-state index contributed by atoms with van der Waals surface area (Å²) in [4.78, 5) is 4.16. The van der Waals surface area contributed by atoms with Crippen molar-refractivity contribution in [3.8, 4) is 0 Å². The summed E-state index contributed by atoms with van der Waals surface area (Å²) in [5.74, 6) is 0.976. The van der Waals surface area contributed by atoms with Gasteiger partial charge in [0.2, 0.25) is 0 Å². The monoisotopic (exact) mass is 184 g/mol. The molecule has 0 spiro atoms. The van der Waals surface area contributed by atoms with Crippen molar-refractivity contribution >= 4 is 0 Å². The van der Waals surface area contributed by atoms with Crippen LogP contribution in [0.1, 0.15) is 12.2 Å². The Balaban J connectivity index is 2.38. The molecule has 2 N–H and O–H groups in total. The van der Waals surface area contributed by atoms with Crippen LogP contribution >= 0.6 is 0 Å². The second-order valence-corrected chi connectivity index (χ2v) is 3.22. The van der Waals surface area contributed by atoms with Gasteiger partial charge < -0.3 is 14.8 Å². The fourth-order valence-electron chi connectivity index (χ4n) is 1.21. The molecule has 0 aromatic carbocycles. The van der Waals surface area contributed by atoms with E-state index in [-0.39, 0.29) is 19.1 Å². The average Bonchev–Trinajstić information content (AvgIpc) is 2.54. The molecule has 0 unspecified atom stereocenters. The molecule has 0 fully saturated rings. The largest absolute Gasteiger partial charge is 0.396 e. The first-order valence-corrected chi connectivity index (χ1v) is 4.45. The van der Waals surface area contributed by atoms with Gasteiger partial charge in [-0.15, -0.1) is 0 Å². The van der Waals surface area contributed by atoms with Crippen LogP contribution in [0.3, 0.4) is 0 Å². The zero-order valence-electron chi connectivity index (χ0n) is 7.85. The molecule has 13 heavy (non-hydrogen) atoms. The lowest BCUT2D eigenvalue weighted by Crippen LogP contribution is -2.13. The van der Waals surface area contributed by atoms with Crippen molar-refractivity contribution in [3.05, 3.63) is 18.2 Å². The number of aryl methyl sites for hydroxylation is 2. The van der Waals surface area contributed by atoms with Crippen LogP contribution in [0.2, 0.25) is 0 Å². The van der Waals surface area contributed by atoms with Crippen molar-refractivity contribution in [3.63, 3.8) is 0 Å². The molecule has 1 aromatic heterocycles. The summed E-state index contributed by atoms with van der Waals surface area (Å²) in [6.45, 7) is 0.0852. The Hall–Kier alpha value is -0.870. The highest BCUT2D eigenvalue weighted by Gasteiger charge is 2.07. The molecule has 0 aliphatic carbocycles. The van der Waals surface area contributed by atoms with Gasteiger partial charge in [-0.3, -0.25) is 0 Å². The third-order valence-corrected chi connectivity index (χ3v) is 2.21. The fourth-order valence-corrected chi connectivity index (χ4v) is 1.21. The van der Waals surface area contributed by atoms with Crippen LogP contribution in [0, 0.1) is 5.92 Å². The van der Waals surface area contributed by atoms with E-state index in [0.717, 1.165) is 18.7 Å². The van der Waals surface area contributed by atoms with Crippen molar-refractivity contribution in [2.45, 2.75) is 12.8 Å². The van der Waals surface area contributed by atoms with Gasteiger partial charge in [0, 0.05) is 45.0 Å². The van der Waals surface area contributed by atoms with Crippen LogP contribution in [0.4, 0.5) is 0 Å². The zero-order valence-corrected chi connectivity index (χ0v) is 7.85. The van der Waals surface area contributed by atoms with E-state index in [1.807, 2.05) is 17.8 Å². The molecule has 0 radical (unpaired) electrons. The average molecular weight is 184 g/mol. The molecule has 4 heteroatoms. The second-order valence-electron chi connectivity index (χ2n) is 3.22. The van der Waals surface area contributed by atoms with E-state index in [0.29, 0.717) is 0 Å². The van der Waals surface area contributed by atoms with Crippen molar-refractivity contribution in [1.29, 1.82) is 0 Å². The number of nitrogens with zero attached hydrogens (tertiary/aromatic N) is 2.